The Morgan fingerprint density at radius 3 is 2.79 bits per heavy atom. The van der Waals surface area contributed by atoms with Crippen LogP contribution in [0.3, 0.4) is 0 Å². The summed E-state index contributed by atoms with van der Waals surface area (Å²) in [6, 6.07) is 3.76. The lowest BCUT2D eigenvalue weighted by Crippen LogP contribution is -1.92. The number of halogens is 1. The number of benzene rings is 1. The molecule has 1 aromatic rings. The quantitative estimate of drug-likeness (QED) is 0.476. The van der Waals surface area contributed by atoms with E-state index in [2.05, 4.69) is 12.6 Å². The summed E-state index contributed by atoms with van der Waals surface area (Å²) in [5, 5.41) is 10.3. The monoisotopic (exact) mass is 213 g/mol. The first-order chi connectivity index (χ1) is 6.65. The highest BCUT2D eigenvalue weighted by molar-refractivity contribution is 7.80. The minimum Gasteiger partial charge on any atom is -0.258 e. The Morgan fingerprint density at radius 1 is 1.57 bits per heavy atom. The van der Waals surface area contributed by atoms with Crippen LogP contribution in [0.4, 0.5) is 10.1 Å². The molecule has 14 heavy (non-hydrogen) atoms. The molecule has 1 aromatic carbocycles. The zero-order valence-corrected chi connectivity index (χ0v) is 8.08. The van der Waals surface area contributed by atoms with Crippen molar-refractivity contribution in [1.82, 2.24) is 0 Å². The van der Waals surface area contributed by atoms with Crippen LogP contribution in [0.1, 0.15) is 5.56 Å². The molecule has 0 amide bonds. The van der Waals surface area contributed by atoms with Gasteiger partial charge in [0.1, 0.15) is 0 Å². The largest absolute Gasteiger partial charge is 0.304 e. The van der Waals surface area contributed by atoms with Gasteiger partial charge in [-0.25, -0.2) is 0 Å². The molecule has 74 valence electrons. The van der Waals surface area contributed by atoms with Gasteiger partial charge in [0.05, 0.1) is 4.92 Å². The lowest BCUT2D eigenvalue weighted by atomic mass is 10.2. The van der Waals surface area contributed by atoms with Crippen molar-refractivity contribution in [3.8, 4) is 0 Å². The number of nitro benzene ring substituents is 1. The van der Waals surface area contributed by atoms with E-state index in [0.717, 1.165) is 12.1 Å². The number of thiol groups is 1. The molecule has 0 spiro atoms. The second kappa shape index (κ2) is 4.76. The molecule has 0 heterocycles. The maximum atomic E-state index is 13.0. The molecule has 0 aliphatic carbocycles. The predicted molar refractivity (Wildman–Crippen MR) is 55.9 cm³/mol. The Morgan fingerprint density at radius 2 is 2.29 bits per heavy atom. The number of nitrogens with zero attached hydrogens (tertiary/aromatic N) is 1. The van der Waals surface area contributed by atoms with Crippen LogP contribution in [-0.4, -0.2) is 10.7 Å². The van der Waals surface area contributed by atoms with Crippen LogP contribution in [0.15, 0.2) is 24.3 Å². The van der Waals surface area contributed by atoms with Gasteiger partial charge in [-0.2, -0.15) is 17.0 Å². The zero-order valence-electron chi connectivity index (χ0n) is 7.18. The Balaban J connectivity index is 3.00. The average Bonchev–Trinajstić information content (AvgIpc) is 2.14. The molecule has 0 bridgehead atoms. The van der Waals surface area contributed by atoms with Gasteiger partial charge >= 0.3 is 5.69 Å². The van der Waals surface area contributed by atoms with Gasteiger partial charge in [-0.15, -0.1) is 0 Å². The van der Waals surface area contributed by atoms with E-state index in [1.54, 1.807) is 12.2 Å². The minimum absolute atomic E-state index is 0.506. The predicted octanol–water partition coefficient (Wildman–Crippen LogP) is 2.68. The summed E-state index contributed by atoms with van der Waals surface area (Å²) < 4.78 is 13.0. The van der Waals surface area contributed by atoms with Gasteiger partial charge in [0.25, 0.3) is 0 Å². The van der Waals surface area contributed by atoms with Gasteiger partial charge in [-0.05, 0) is 17.7 Å². The van der Waals surface area contributed by atoms with Crippen molar-refractivity contribution >= 4 is 24.4 Å². The van der Waals surface area contributed by atoms with E-state index in [1.165, 1.54) is 6.07 Å². The summed E-state index contributed by atoms with van der Waals surface area (Å²) in [6.45, 7) is 0. The molecular weight excluding hydrogens is 205 g/mol. The van der Waals surface area contributed by atoms with Crippen molar-refractivity contribution < 1.29 is 9.31 Å². The average molecular weight is 213 g/mol. The maximum absolute atomic E-state index is 13.0. The van der Waals surface area contributed by atoms with E-state index in [9.17, 15) is 14.5 Å². The molecule has 0 radical (unpaired) electrons. The number of rotatable bonds is 3. The Labute approximate surface area is 85.8 Å². The fourth-order valence-corrected chi connectivity index (χ4v) is 1.07. The lowest BCUT2D eigenvalue weighted by Gasteiger charge is -1.95. The van der Waals surface area contributed by atoms with Crippen LogP contribution >= 0.6 is 12.6 Å². The van der Waals surface area contributed by atoms with Gasteiger partial charge < -0.3 is 0 Å². The summed E-state index contributed by atoms with van der Waals surface area (Å²) >= 11 is 3.94. The normalized spacial score (nSPS) is 10.7. The fourth-order valence-electron chi connectivity index (χ4n) is 0.964. The SMILES string of the molecule is O=[N+]([O-])c1ccc(C=CCS)cc1F. The molecule has 5 heteroatoms. The Kier molecular flexibility index (Phi) is 3.64. The van der Waals surface area contributed by atoms with E-state index in [4.69, 9.17) is 0 Å². The summed E-state index contributed by atoms with van der Waals surface area (Å²) in [5.41, 5.74) is 0.0789. The first-order valence-corrected chi connectivity index (χ1v) is 4.49. The van der Waals surface area contributed by atoms with Gasteiger partial charge in [0.2, 0.25) is 5.82 Å². The molecule has 0 fully saturated rings. The molecule has 0 aliphatic heterocycles. The standard InChI is InChI=1S/C9H8FNO2S/c10-8-6-7(2-1-5-14)3-4-9(8)11(12)13/h1-4,6,14H,5H2. The maximum Gasteiger partial charge on any atom is 0.304 e. The van der Waals surface area contributed by atoms with Crippen LogP contribution in [0.5, 0.6) is 0 Å². The van der Waals surface area contributed by atoms with Crippen LogP contribution in [-0.2, 0) is 0 Å². The minimum atomic E-state index is -0.823. The fraction of sp³-hybridized carbons (Fsp3) is 0.111. The van der Waals surface area contributed by atoms with Crippen LogP contribution < -0.4 is 0 Å². The molecule has 0 atom stereocenters. The highest BCUT2D eigenvalue weighted by atomic mass is 32.1. The number of nitro groups is 1. The van der Waals surface area contributed by atoms with Crippen molar-refractivity contribution in [2.45, 2.75) is 0 Å². The molecule has 0 saturated carbocycles. The summed E-state index contributed by atoms with van der Waals surface area (Å²) in [4.78, 5) is 9.53. The highest BCUT2D eigenvalue weighted by Crippen LogP contribution is 2.18. The molecule has 0 N–H and O–H groups in total. The Hall–Kier alpha value is -1.36. The second-order valence-electron chi connectivity index (χ2n) is 2.55. The summed E-state index contributed by atoms with van der Waals surface area (Å²) in [7, 11) is 0. The lowest BCUT2D eigenvalue weighted by molar-refractivity contribution is -0.387. The van der Waals surface area contributed by atoms with Gasteiger partial charge in [-0.3, -0.25) is 10.1 Å². The van der Waals surface area contributed by atoms with Crippen molar-refractivity contribution in [3.05, 3.63) is 45.8 Å². The molecule has 0 unspecified atom stereocenters. The van der Waals surface area contributed by atoms with E-state index in [-0.39, 0.29) is 0 Å². The topological polar surface area (TPSA) is 43.1 Å². The highest BCUT2D eigenvalue weighted by Gasteiger charge is 2.12. The van der Waals surface area contributed by atoms with Crippen molar-refractivity contribution in [3.63, 3.8) is 0 Å². The van der Waals surface area contributed by atoms with Crippen LogP contribution in [0, 0.1) is 15.9 Å². The van der Waals surface area contributed by atoms with E-state index >= 15 is 0 Å². The summed E-state index contributed by atoms with van der Waals surface area (Å²) in [6.07, 6.45) is 3.38. The molecule has 1 rings (SSSR count). The zero-order chi connectivity index (χ0) is 10.6. The molecule has 0 aliphatic rings. The first-order valence-electron chi connectivity index (χ1n) is 3.86. The molecular formula is C9H8FNO2S. The number of hydrogen-bond acceptors (Lipinski definition) is 3. The Bertz CT molecular complexity index is 379. The van der Waals surface area contributed by atoms with E-state index < -0.39 is 16.4 Å². The third-order valence-corrected chi connectivity index (χ3v) is 1.79. The van der Waals surface area contributed by atoms with Crippen LogP contribution in [0.2, 0.25) is 0 Å². The third-order valence-electron chi connectivity index (χ3n) is 1.58. The van der Waals surface area contributed by atoms with Crippen molar-refractivity contribution in [2.24, 2.45) is 0 Å². The second-order valence-corrected chi connectivity index (χ2v) is 2.92. The summed E-state index contributed by atoms with van der Waals surface area (Å²) in [5.74, 6) is -0.283. The number of hydrogen-bond donors (Lipinski definition) is 1. The first kappa shape index (κ1) is 10.7. The molecule has 0 aromatic heterocycles. The molecule has 3 nitrogen and oxygen atoms in total. The van der Waals surface area contributed by atoms with Crippen LogP contribution in [0.25, 0.3) is 6.08 Å². The smallest absolute Gasteiger partial charge is 0.258 e. The van der Waals surface area contributed by atoms with Gasteiger partial charge in [0, 0.05) is 11.8 Å². The van der Waals surface area contributed by atoms with Gasteiger partial charge in [-0.1, -0.05) is 12.2 Å². The third kappa shape index (κ3) is 2.56. The molecule has 0 saturated heterocycles. The van der Waals surface area contributed by atoms with Crippen molar-refractivity contribution in [2.75, 3.05) is 5.75 Å². The van der Waals surface area contributed by atoms with Gasteiger partial charge in [0.15, 0.2) is 0 Å². The van der Waals surface area contributed by atoms with Crippen molar-refractivity contribution in [1.29, 1.82) is 0 Å². The van der Waals surface area contributed by atoms with E-state index in [1.807, 2.05) is 0 Å². The van der Waals surface area contributed by atoms with E-state index in [0.29, 0.717) is 11.3 Å².